The van der Waals surface area contributed by atoms with Crippen molar-refractivity contribution in [3.63, 3.8) is 0 Å². The number of aromatic nitrogens is 1. The third-order valence-electron chi connectivity index (χ3n) is 3.44. The molecular formula is C16H19BrN2O3S. The smallest absolute Gasteiger partial charge is 0.326 e. The average Bonchev–Trinajstić information content (AvgIpc) is 2.91. The summed E-state index contributed by atoms with van der Waals surface area (Å²) < 4.78 is 2.05. The van der Waals surface area contributed by atoms with E-state index in [1.165, 1.54) is 0 Å². The number of thiazole rings is 1. The molecule has 0 fully saturated rings. The number of rotatable bonds is 8. The number of aliphatic carboxylic acids is 1. The van der Waals surface area contributed by atoms with Crippen molar-refractivity contribution >= 4 is 49.4 Å². The quantitative estimate of drug-likeness (QED) is 0.709. The number of hydrogen-bond acceptors (Lipinski definition) is 4. The number of carboxylic acid groups (broad SMARTS) is 1. The molecule has 2 aromatic rings. The first-order valence-electron chi connectivity index (χ1n) is 7.56. The molecule has 0 aliphatic carbocycles. The van der Waals surface area contributed by atoms with E-state index >= 15 is 0 Å². The SMILES string of the molecule is CCCCC(NC(=O)CCc1nc2cc(Br)ccc2s1)C(=O)O. The highest BCUT2D eigenvalue weighted by Crippen LogP contribution is 2.25. The molecule has 0 aliphatic heterocycles. The zero-order valence-corrected chi connectivity index (χ0v) is 15.2. The fourth-order valence-corrected chi connectivity index (χ4v) is 3.50. The summed E-state index contributed by atoms with van der Waals surface area (Å²) in [6, 6.07) is 5.10. The molecule has 0 radical (unpaired) electrons. The Morgan fingerprint density at radius 1 is 1.43 bits per heavy atom. The standard InChI is InChI=1S/C16H19BrN2O3S/c1-2-3-4-11(16(21)22)18-14(20)7-8-15-19-12-9-10(17)5-6-13(12)23-15/h5-6,9,11H,2-4,7-8H2,1H3,(H,18,20)(H,21,22). The molecule has 1 heterocycles. The molecule has 0 spiro atoms. The van der Waals surface area contributed by atoms with E-state index in [4.69, 9.17) is 5.11 Å². The Bertz CT molecular complexity index is 702. The van der Waals surface area contributed by atoms with E-state index in [1.807, 2.05) is 25.1 Å². The predicted molar refractivity (Wildman–Crippen MR) is 94.7 cm³/mol. The Kier molecular flexibility index (Phi) is 6.53. The number of amides is 1. The van der Waals surface area contributed by atoms with Crippen LogP contribution in [0.2, 0.25) is 0 Å². The van der Waals surface area contributed by atoms with Crippen LogP contribution in [0, 0.1) is 0 Å². The zero-order valence-electron chi connectivity index (χ0n) is 12.8. The van der Waals surface area contributed by atoms with Crippen LogP contribution in [0.3, 0.4) is 0 Å². The van der Waals surface area contributed by atoms with Gasteiger partial charge in [-0.2, -0.15) is 0 Å². The number of unbranched alkanes of at least 4 members (excludes halogenated alkanes) is 1. The Morgan fingerprint density at radius 3 is 2.91 bits per heavy atom. The van der Waals surface area contributed by atoms with Crippen molar-refractivity contribution in [3.05, 3.63) is 27.7 Å². The third-order valence-corrected chi connectivity index (χ3v) is 5.03. The van der Waals surface area contributed by atoms with E-state index in [0.29, 0.717) is 12.8 Å². The molecule has 5 nitrogen and oxygen atoms in total. The van der Waals surface area contributed by atoms with Gasteiger partial charge in [0.1, 0.15) is 6.04 Å². The lowest BCUT2D eigenvalue weighted by molar-refractivity contribution is -0.142. The van der Waals surface area contributed by atoms with Crippen molar-refractivity contribution in [3.8, 4) is 0 Å². The summed E-state index contributed by atoms with van der Waals surface area (Å²) in [6.45, 7) is 1.99. The van der Waals surface area contributed by atoms with Gasteiger partial charge in [0.15, 0.2) is 0 Å². The van der Waals surface area contributed by atoms with Crippen LogP contribution in [0.15, 0.2) is 22.7 Å². The van der Waals surface area contributed by atoms with Crippen molar-refractivity contribution in [1.29, 1.82) is 0 Å². The van der Waals surface area contributed by atoms with E-state index < -0.39 is 12.0 Å². The number of halogens is 1. The number of nitrogens with zero attached hydrogens (tertiary/aromatic N) is 1. The van der Waals surface area contributed by atoms with Crippen LogP contribution >= 0.6 is 27.3 Å². The second-order valence-corrected chi connectivity index (χ2v) is 7.35. The fourth-order valence-electron chi connectivity index (χ4n) is 2.21. The van der Waals surface area contributed by atoms with Gasteiger partial charge in [-0.05, 0) is 24.6 Å². The lowest BCUT2D eigenvalue weighted by Gasteiger charge is -2.13. The highest BCUT2D eigenvalue weighted by molar-refractivity contribution is 9.10. The molecule has 0 bridgehead atoms. The molecule has 1 atom stereocenters. The Balaban J connectivity index is 1.90. The van der Waals surface area contributed by atoms with E-state index in [2.05, 4.69) is 26.2 Å². The molecule has 1 unspecified atom stereocenters. The van der Waals surface area contributed by atoms with Gasteiger partial charge in [-0.1, -0.05) is 35.7 Å². The van der Waals surface area contributed by atoms with E-state index in [9.17, 15) is 9.59 Å². The first-order chi connectivity index (χ1) is 11.0. The molecular weight excluding hydrogens is 380 g/mol. The fraction of sp³-hybridized carbons (Fsp3) is 0.438. The molecule has 2 N–H and O–H groups in total. The van der Waals surface area contributed by atoms with Gasteiger partial charge in [-0.25, -0.2) is 9.78 Å². The average molecular weight is 399 g/mol. The van der Waals surface area contributed by atoms with Crippen molar-refractivity contribution in [2.24, 2.45) is 0 Å². The Hall–Kier alpha value is -1.47. The summed E-state index contributed by atoms with van der Waals surface area (Å²) >= 11 is 4.97. The zero-order chi connectivity index (χ0) is 16.8. The normalized spacial score (nSPS) is 12.3. The second-order valence-electron chi connectivity index (χ2n) is 5.32. The van der Waals surface area contributed by atoms with Crippen LogP contribution in [0.5, 0.6) is 0 Å². The number of hydrogen-bond donors (Lipinski definition) is 2. The Labute approximate surface area is 147 Å². The number of nitrogens with one attached hydrogen (secondary N) is 1. The number of fused-ring (bicyclic) bond motifs is 1. The maximum atomic E-state index is 12.0. The first-order valence-corrected chi connectivity index (χ1v) is 9.17. The minimum atomic E-state index is -0.975. The maximum absolute atomic E-state index is 12.0. The van der Waals surface area contributed by atoms with Crippen LogP contribution in [-0.4, -0.2) is 28.0 Å². The number of carbonyl (C=O) groups excluding carboxylic acids is 1. The van der Waals surface area contributed by atoms with E-state index in [1.54, 1.807) is 11.3 Å². The van der Waals surface area contributed by atoms with Gasteiger partial charge >= 0.3 is 5.97 Å². The van der Waals surface area contributed by atoms with Gasteiger partial charge in [0, 0.05) is 17.3 Å². The van der Waals surface area contributed by atoms with E-state index in [-0.39, 0.29) is 12.3 Å². The topological polar surface area (TPSA) is 79.3 Å². The largest absolute Gasteiger partial charge is 0.480 e. The minimum absolute atomic E-state index is 0.242. The highest BCUT2D eigenvalue weighted by atomic mass is 79.9. The minimum Gasteiger partial charge on any atom is -0.480 e. The summed E-state index contributed by atoms with van der Waals surface area (Å²) in [7, 11) is 0. The molecule has 124 valence electrons. The monoisotopic (exact) mass is 398 g/mol. The second kappa shape index (κ2) is 8.40. The van der Waals surface area contributed by atoms with Crippen LogP contribution in [0.1, 0.15) is 37.6 Å². The van der Waals surface area contributed by atoms with Crippen molar-refractivity contribution in [2.45, 2.75) is 45.1 Å². The predicted octanol–water partition coefficient (Wildman–Crippen LogP) is 3.75. The van der Waals surface area contributed by atoms with Gasteiger partial charge in [0.05, 0.1) is 15.2 Å². The van der Waals surface area contributed by atoms with Crippen LogP contribution in [0.4, 0.5) is 0 Å². The van der Waals surface area contributed by atoms with Crippen molar-refractivity contribution in [1.82, 2.24) is 10.3 Å². The Morgan fingerprint density at radius 2 is 2.22 bits per heavy atom. The molecule has 0 aliphatic rings. The van der Waals surface area contributed by atoms with Crippen molar-refractivity contribution in [2.75, 3.05) is 0 Å². The highest BCUT2D eigenvalue weighted by Gasteiger charge is 2.19. The molecule has 7 heteroatoms. The van der Waals surface area contributed by atoms with Crippen molar-refractivity contribution < 1.29 is 14.7 Å². The van der Waals surface area contributed by atoms with E-state index in [0.717, 1.165) is 32.5 Å². The summed E-state index contributed by atoms with van der Waals surface area (Å²) in [5.74, 6) is -1.22. The van der Waals surface area contributed by atoms with Crippen LogP contribution in [0.25, 0.3) is 10.2 Å². The lowest BCUT2D eigenvalue weighted by atomic mass is 10.1. The number of aryl methyl sites for hydroxylation is 1. The molecule has 0 saturated heterocycles. The summed E-state index contributed by atoms with van der Waals surface area (Å²) in [4.78, 5) is 27.6. The summed E-state index contributed by atoms with van der Waals surface area (Å²) in [6.07, 6.45) is 2.91. The van der Waals surface area contributed by atoms with Gasteiger partial charge in [-0.3, -0.25) is 4.79 Å². The molecule has 1 aromatic carbocycles. The molecule has 1 aromatic heterocycles. The van der Waals surface area contributed by atoms with Crippen LogP contribution in [-0.2, 0) is 16.0 Å². The molecule has 0 saturated carbocycles. The van der Waals surface area contributed by atoms with Gasteiger partial charge in [0.25, 0.3) is 0 Å². The third kappa shape index (κ3) is 5.28. The summed E-state index contributed by atoms with van der Waals surface area (Å²) in [5.41, 5.74) is 0.908. The molecule has 2 rings (SSSR count). The number of benzene rings is 1. The number of carbonyl (C=O) groups is 2. The maximum Gasteiger partial charge on any atom is 0.326 e. The van der Waals surface area contributed by atoms with Gasteiger partial charge in [-0.15, -0.1) is 11.3 Å². The molecule has 23 heavy (non-hydrogen) atoms. The summed E-state index contributed by atoms with van der Waals surface area (Å²) in [5, 5.41) is 12.6. The van der Waals surface area contributed by atoms with Crippen LogP contribution < -0.4 is 5.32 Å². The first kappa shape index (κ1) is 17.9. The lowest BCUT2D eigenvalue weighted by Crippen LogP contribution is -2.40. The van der Waals surface area contributed by atoms with Gasteiger partial charge in [0.2, 0.25) is 5.91 Å². The number of carboxylic acids is 1. The van der Waals surface area contributed by atoms with Gasteiger partial charge < -0.3 is 10.4 Å². The molecule has 1 amide bonds.